The number of rotatable bonds is 10. The largest absolute Gasteiger partial charge is 0.490 e. The molecule has 0 aliphatic carbocycles. The van der Waals surface area contributed by atoms with E-state index >= 15 is 0 Å². The van der Waals surface area contributed by atoms with Gasteiger partial charge in [0.15, 0.2) is 11.5 Å². The molecule has 0 spiro atoms. The minimum absolute atomic E-state index is 0.155. The first-order valence-corrected chi connectivity index (χ1v) is 10.6. The molecule has 0 aliphatic rings. The summed E-state index contributed by atoms with van der Waals surface area (Å²) in [5.41, 5.74) is 8.24. The Kier molecular flexibility index (Phi) is 6.60. The van der Waals surface area contributed by atoms with Crippen LogP contribution in [0, 0.1) is 0 Å². The zero-order valence-corrected chi connectivity index (χ0v) is 17.6. The summed E-state index contributed by atoms with van der Waals surface area (Å²) in [5, 5.41) is 12.6. The second-order valence-corrected chi connectivity index (χ2v) is 7.50. The Morgan fingerprint density at radius 2 is 1.45 bits per heavy atom. The van der Waals surface area contributed by atoms with Crippen molar-refractivity contribution in [3.05, 3.63) is 66.7 Å². The lowest BCUT2D eigenvalue weighted by Crippen LogP contribution is -2.34. The van der Waals surface area contributed by atoms with Gasteiger partial charge in [-0.2, -0.15) is 0 Å². The first kappa shape index (κ1) is 21.0. The number of H-pyrrole nitrogens is 1. The van der Waals surface area contributed by atoms with Crippen LogP contribution in [0.5, 0.6) is 17.2 Å². The average molecular weight is 421 g/mol. The molecule has 4 N–H and O–H groups in total. The fourth-order valence-electron chi connectivity index (χ4n) is 3.70. The van der Waals surface area contributed by atoms with E-state index < -0.39 is 6.10 Å². The highest BCUT2D eigenvalue weighted by Gasteiger charge is 2.15. The number of fused-ring (bicyclic) bond motifs is 3. The van der Waals surface area contributed by atoms with Crippen molar-refractivity contribution in [2.24, 2.45) is 5.73 Å². The molecule has 0 amide bonds. The van der Waals surface area contributed by atoms with E-state index in [9.17, 15) is 5.11 Å². The summed E-state index contributed by atoms with van der Waals surface area (Å²) in [6.45, 7) is 2.92. The van der Waals surface area contributed by atoms with Gasteiger partial charge in [-0.15, -0.1) is 0 Å². The van der Waals surface area contributed by atoms with Crippen LogP contribution in [0.25, 0.3) is 21.8 Å². The van der Waals surface area contributed by atoms with Crippen LogP contribution in [0.3, 0.4) is 0 Å². The quantitative estimate of drug-likeness (QED) is 0.357. The summed E-state index contributed by atoms with van der Waals surface area (Å²) >= 11 is 0. The smallest absolute Gasteiger partial charge is 0.161 e. The lowest BCUT2D eigenvalue weighted by molar-refractivity contribution is 0.0883. The van der Waals surface area contributed by atoms with Crippen LogP contribution in [-0.4, -0.2) is 42.1 Å². The Morgan fingerprint density at radius 3 is 2.26 bits per heavy atom. The van der Waals surface area contributed by atoms with E-state index in [1.165, 1.54) is 0 Å². The standard InChI is InChI=1S/C25H28N2O4/c1-2-29-22-11-5-6-12-23(22)30-15-17(26)14-18(28)16-31-24-13-7-10-21-25(24)19-8-3-4-9-20(19)27-21/h3-13,17-18,27-28H,2,14-16,26H2,1H3. The highest BCUT2D eigenvalue weighted by atomic mass is 16.5. The number of para-hydroxylation sites is 3. The maximum atomic E-state index is 10.5. The van der Waals surface area contributed by atoms with Gasteiger partial charge >= 0.3 is 0 Å². The number of hydrogen-bond acceptors (Lipinski definition) is 5. The summed E-state index contributed by atoms with van der Waals surface area (Å²) in [6.07, 6.45) is -0.345. The Bertz CT molecular complexity index is 1140. The number of ether oxygens (including phenoxy) is 3. The predicted octanol–water partition coefficient (Wildman–Crippen LogP) is 4.26. The van der Waals surface area contributed by atoms with Crippen LogP contribution in [0.1, 0.15) is 13.3 Å². The molecule has 3 aromatic carbocycles. The Labute approximate surface area is 181 Å². The van der Waals surface area contributed by atoms with E-state index in [-0.39, 0.29) is 19.3 Å². The van der Waals surface area contributed by atoms with Crippen LogP contribution in [0.4, 0.5) is 0 Å². The Hall–Kier alpha value is -3.22. The van der Waals surface area contributed by atoms with E-state index in [1.54, 1.807) is 0 Å². The van der Waals surface area contributed by atoms with Crippen molar-refractivity contribution in [1.29, 1.82) is 0 Å². The molecular formula is C25H28N2O4. The van der Waals surface area contributed by atoms with E-state index in [0.717, 1.165) is 27.6 Å². The number of nitrogens with two attached hydrogens (primary N) is 1. The van der Waals surface area contributed by atoms with Gasteiger partial charge in [-0.05, 0) is 43.7 Å². The zero-order valence-electron chi connectivity index (χ0n) is 17.6. The van der Waals surface area contributed by atoms with Crippen molar-refractivity contribution in [3.8, 4) is 17.2 Å². The van der Waals surface area contributed by atoms with Gasteiger partial charge in [0.1, 0.15) is 19.0 Å². The molecule has 0 fully saturated rings. The number of nitrogens with one attached hydrogen (secondary N) is 1. The normalized spacial score (nSPS) is 13.3. The van der Waals surface area contributed by atoms with Crippen LogP contribution < -0.4 is 19.9 Å². The van der Waals surface area contributed by atoms with Gasteiger partial charge in [-0.1, -0.05) is 36.4 Å². The number of hydrogen-bond donors (Lipinski definition) is 3. The van der Waals surface area contributed by atoms with E-state index in [1.807, 2.05) is 67.6 Å². The van der Waals surface area contributed by atoms with Gasteiger partial charge in [0.2, 0.25) is 0 Å². The van der Waals surface area contributed by atoms with Crippen molar-refractivity contribution in [2.45, 2.75) is 25.5 Å². The lowest BCUT2D eigenvalue weighted by atomic mass is 10.1. The van der Waals surface area contributed by atoms with Crippen molar-refractivity contribution in [3.63, 3.8) is 0 Å². The van der Waals surface area contributed by atoms with Crippen LogP contribution >= 0.6 is 0 Å². The van der Waals surface area contributed by atoms with Crippen molar-refractivity contribution in [1.82, 2.24) is 4.98 Å². The molecule has 4 rings (SSSR count). The maximum absolute atomic E-state index is 10.5. The minimum Gasteiger partial charge on any atom is -0.490 e. The van der Waals surface area contributed by atoms with Gasteiger partial charge in [0.05, 0.1) is 18.2 Å². The van der Waals surface area contributed by atoms with Gasteiger partial charge in [-0.25, -0.2) is 0 Å². The molecule has 6 heteroatoms. The molecule has 6 nitrogen and oxygen atoms in total. The molecule has 0 saturated carbocycles. The molecule has 0 saturated heterocycles. The summed E-state index contributed by atoms with van der Waals surface area (Å²) in [7, 11) is 0. The van der Waals surface area contributed by atoms with E-state index in [0.29, 0.717) is 24.5 Å². The monoisotopic (exact) mass is 420 g/mol. The van der Waals surface area contributed by atoms with Crippen LogP contribution in [-0.2, 0) is 0 Å². The minimum atomic E-state index is -0.707. The van der Waals surface area contributed by atoms with E-state index in [4.69, 9.17) is 19.9 Å². The van der Waals surface area contributed by atoms with Crippen molar-refractivity contribution in [2.75, 3.05) is 19.8 Å². The molecule has 31 heavy (non-hydrogen) atoms. The SMILES string of the molecule is CCOc1ccccc1OCC(N)CC(O)COc1cccc2[nH]c3ccccc3c12. The first-order valence-electron chi connectivity index (χ1n) is 10.6. The molecule has 0 radical (unpaired) electrons. The topological polar surface area (TPSA) is 89.7 Å². The molecule has 162 valence electrons. The lowest BCUT2D eigenvalue weighted by Gasteiger charge is -2.19. The fraction of sp³-hybridized carbons (Fsp3) is 0.280. The number of aromatic amines is 1. The van der Waals surface area contributed by atoms with Gasteiger partial charge in [0, 0.05) is 22.3 Å². The fourth-order valence-corrected chi connectivity index (χ4v) is 3.70. The molecule has 1 aromatic heterocycles. The molecule has 1 heterocycles. The van der Waals surface area contributed by atoms with Gasteiger partial charge in [0.25, 0.3) is 0 Å². The Morgan fingerprint density at radius 1 is 0.806 bits per heavy atom. The maximum Gasteiger partial charge on any atom is 0.161 e. The van der Waals surface area contributed by atoms with Gasteiger partial charge in [-0.3, -0.25) is 0 Å². The third kappa shape index (κ3) is 4.93. The first-order chi connectivity index (χ1) is 15.2. The molecule has 0 bridgehead atoms. The number of aromatic nitrogens is 1. The van der Waals surface area contributed by atoms with Crippen LogP contribution in [0.2, 0.25) is 0 Å². The summed E-state index contributed by atoms with van der Waals surface area (Å²) in [6, 6.07) is 21.1. The van der Waals surface area contributed by atoms with Crippen molar-refractivity contribution >= 4 is 21.8 Å². The summed E-state index contributed by atoms with van der Waals surface area (Å²) in [4.78, 5) is 3.39. The average Bonchev–Trinajstić information content (AvgIpc) is 3.16. The zero-order chi connectivity index (χ0) is 21.6. The Balaban J connectivity index is 1.34. The van der Waals surface area contributed by atoms with E-state index in [2.05, 4.69) is 11.1 Å². The molecule has 2 atom stereocenters. The number of benzene rings is 3. The highest BCUT2D eigenvalue weighted by molar-refractivity contribution is 6.10. The third-order valence-corrected chi connectivity index (χ3v) is 5.10. The summed E-state index contributed by atoms with van der Waals surface area (Å²) < 4.78 is 17.3. The third-order valence-electron chi connectivity index (χ3n) is 5.10. The predicted molar refractivity (Wildman–Crippen MR) is 123 cm³/mol. The molecule has 4 aromatic rings. The van der Waals surface area contributed by atoms with Crippen molar-refractivity contribution < 1.29 is 19.3 Å². The summed E-state index contributed by atoms with van der Waals surface area (Å²) in [5.74, 6) is 2.08. The van der Waals surface area contributed by atoms with Crippen LogP contribution in [0.15, 0.2) is 66.7 Å². The highest BCUT2D eigenvalue weighted by Crippen LogP contribution is 2.33. The molecule has 0 aliphatic heterocycles. The molecule has 2 unspecified atom stereocenters. The second kappa shape index (κ2) is 9.73. The number of aliphatic hydroxyl groups is 1. The second-order valence-electron chi connectivity index (χ2n) is 7.50. The number of aliphatic hydroxyl groups excluding tert-OH is 1. The van der Waals surface area contributed by atoms with Gasteiger partial charge < -0.3 is 30.0 Å². The molecular weight excluding hydrogens is 392 g/mol.